The van der Waals surface area contributed by atoms with Gasteiger partial charge in [0.2, 0.25) is 6.41 Å². The Labute approximate surface area is 142 Å². The van der Waals surface area contributed by atoms with E-state index in [1.807, 2.05) is 37.8 Å². The standard InChI is InChI=1S/C17H27BrN2O2/c1-17(2,3)22-16(21)20-9-7-13(8-10-20)12-19-15-6-4-5-14(18)11-15/h4-6,11,13,16,19,21H,7-10,12H2,1-3H3. The summed E-state index contributed by atoms with van der Waals surface area (Å²) in [4.78, 5) is 2.01. The first-order valence-electron chi connectivity index (χ1n) is 7.93. The van der Waals surface area contributed by atoms with E-state index in [-0.39, 0.29) is 5.60 Å². The molecule has 2 rings (SSSR count). The maximum Gasteiger partial charge on any atom is 0.216 e. The fourth-order valence-corrected chi connectivity index (χ4v) is 3.03. The molecule has 1 aromatic carbocycles. The molecule has 0 aromatic heterocycles. The van der Waals surface area contributed by atoms with Gasteiger partial charge in [-0.05, 0) is 57.7 Å². The van der Waals surface area contributed by atoms with E-state index < -0.39 is 6.41 Å². The van der Waals surface area contributed by atoms with Crippen LogP contribution in [-0.4, -0.2) is 41.7 Å². The Morgan fingerprint density at radius 3 is 2.64 bits per heavy atom. The third-order valence-electron chi connectivity index (χ3n) is 3.84. The van der Waals surface area contributed by atoms with Crippen molar-refractivity contribution in [2.75, 3.05) is 25.0 Å². The molecule has 5 heteroatoms. The number of rotatable bonds is 5. The van der Waals surface area contributed by atoms with Crippen LogP contribution in [0.3, 0.4) is 0 Å². The molecular formula is C17H27BrN2O2. The molecule has 124 valence electrons. The number of piperidine rings is 1. The van der Waals surface area contributed by atoms with Gasteiger partial charge >= 0.3 is 0 Å². The minimum absolute atomic E-state index is 0.321. The van der Waals surface area contributed by atoms with Crippen LogP contribution in [0.5, 0.6) is 0 Å². The number of benzene rings is 1. The van der Waals surface area contributed by atoms with Crippen molar-refractivity contribution < 1.29 is 9.84 Å². The third kappa shape index (κ3) is 5.88. The molecule has 1 heterocycles. The predicted octanol–water partition coefficient (Wildman–Crippen LogP) is 3.66. The van der Waals surface area contributed by atoms with Gasteiger partial charge in [0.25, 0.3) is 0 Å². The fraction of sp³-hybridized carbons (Fsp3) is 0.647. The average Bonchev–Trinajstić information content (AvgIpc) is 2.44. The van der Waals surface area contributed by atoms with E-state index in [0.717, 1.165) is 42.6 Å². The Bertz CT molecular complexity index is 468. The van der Waals surface area contributed by atoms with Crippen LogP contribution in [0.1, 0.15) is 33.6 Å². The Morgan fingerprint density at radius 1 is 1.36 bits per heavy atom. The van der Waals surface area contributed by atoms with E-state index in [0.29, 0.717) is 5.92 Å². The summed E-state index contributed by atoms with van der Waals surface area (Å²) in [6.45, 7) is 8.62. The normalized spacial score (nSPS) is 19.1. The molecule has 22 heavy (non-hydrogen) atoms. The summed E-state index contributed by atoms with van der Waals surface area (Å²) < 4.78 is 6.71. The molecule has 0 aliphatic carbocycles. The number of nitrogens with one attached hydrogen (secondary N) is 1. The van der Waals surface area contributed by atoms with Gasteiger partial charge in [0.15, 0.2) is 0 Å². The molecular weight excluding hydrogens is 344 g/mol. The largest absolute Gasteiger partial charge is 0.385 e. The molecule has 1 atom stereocenters. The van der Waals surface area contributed by atoms with Gasteiger partial charge in [-0.3, -0.25) is 4.90 Å². The van der Waals surface area contributed by atoms with Gasteiger partial charge in [0.1, 0.15) is 0 Å². The molecule has 1 fully saturated rings. The van der Waals surface area contributed by atoms with E-state index in [1.54, 1.807) is 0 Å². The van der Waals surface area contributed by atoms with Gasteiger partial charge in [0, 0.05) is 29.8 Å². The van der Waals surface area contributed by atoms with Crippen LogP contribution in [0.4, 0.5) is 5.69 Å². The summed E-state index contributed by atoms with van der Waals surface area (Å²) in [5, 5.41) is 13.6. The third-order valence-corrected chi connectivity index (χ3v) is 4.33. The lowest BCUT2D eigenvalue weighted by molar-refractivity contribution is -0.243. The van der Waals surface area contributed by atoms with Crippen LogP contribution in [0, 0.1) is 5.92 Å². The maximum atomic E-state index is 10.1. The molecule has 1 unspecified atom stereocenters. The Balaban J connectivity index is 1.73. The van der Waals surface area contributed by atoms with Crippen molar-refractivity contribution in [1.29, 1.82) is 0 Å². The minimum atomic E-state index is -0.793. The predicted molar refractivity (Wildman–Crippen MR) is 93.8 cm³/mol. The lowest BCUT2D eigenvalue weighted by atomic mass is 9.97. The molecule has 4 nitrogen and oxygen atoms in total. The van der Waals surface area contributed by atoms with Crippen molar-refractivity contribution in [3.63, 3.8) is 0 Å². The quantitative estimate of drug-likeness (QED) is 0.776. The van der Waals surface area contributed by atoms with Crippen LogP contribution in [0.25, 0.3) is 0 Å². The SMILES string of the molecule is CC(C)(C)OC(O)N1CCC(CNc2cccc(Br)c2)CC1. The van der Waals surface area contributed by atoms with Crippen LogP contribution in [-0.2, 0) is 4.74 Å². The van der Waals surface area contributed by atoms with Crippen molar-refractivity contribution >= 4 is 21.6 Å². The summed E-state index contributed by atoms with van der Waals surface area (Å²) in [5.74, 6) is 0.636. The number of nitrogens with zero attached hydrogens (tertiary/aromatic N) is 1. The van der Waals surface area contributed by atoms with Crippen molar-refractivity contribution in [3.05, 3.63) is 28.7 Å². The van der Waals surface area contributed by atoms with Gasteiger partial charge in [-0.15, -0.1) is 0 Å². The van der Waals surface area contributed by atoms with E-state index >= 15 is 0 Å². The average molecular weight is 371 g/mol. The zero-order chi connectivity index (χ0) is 16.2. The molecule has 1 aromatic rings. The van der Waals surface area contributed by atoms with Gasteiger partial charge < -0.3 is 15.2 Å². The smallest absolute Gasteiger partial charge is 0.216 e. The Morgan fingerprint density at radius 2 is 2.05 bits per heavy atom. The van der Waals surface area contributed by atoms with E-state index in [2.05, 4.69) is 33.4 Å². The van der Waals surface area contributed by atoms with E-state index in [1.165, 1.54) is 0 Å². The van der Waals surface area contributed by atoms with Gasteiger partial charge in [0.05, 0.1) is 5.60 Å². The number of halogens is 1. The van der Waals surface area contributed by atoms with Gasteiger partial charge in [-0.1, -0.05) is 22.0 Å². The molecule has 1 saturated heterocycles. The molecule has 2 N–H and O–H groups in total. The van der Waals surface area contributed by atoms with Crippen molar-refractivity contribution in [3.8, 4) is 0 Å². The zero-order valence-corrected chi connectivity index (χ0v) is 15.3. The number of ether oxygens (including phenoxy) is 1. The number of hydrogen-bond acceptors (Lipinski definition) is 4. The van der Waals surface area contributed by atoms with Crippen LogP contribution < -0.4 is 5.32 Å². The van der Waals surface area contributed by atoms with E-state index in [4.69, 9.17) is 4.74 Å². The van der Waals surface area contributed by atoms with Crippen LogP contribution >= 0.6 is 15.9 Å². The molecule has 0 saturated carbocycles. The van der Waals surface area contributed by atoms with Crippen LogP contribution in [0.15, 0.2) is 28.7 Å². The Hall–Kier alpha value is -0.620. The molecule has 0 spiro atoms. The second-order valence-electron chi connectivity index (χ2n) is 6.93. The number of hydrogen-bond donors (Lipinski definition) is 2. The first-order chi connectivity index (χ1) is 10.3. The topological polar surface area (TPSA) is 44.7 Å². The summed E-state index contributed by atoms with van der Waals surface area (Å²) in [5.41, 5.74) is 0.825. The van der Waals surface area contributed by atoms with Crippen molar-refractivity contribution in [2.24, 2.45) is 5.92 Å². The van der Waals surface area contributed by atoms with Crippen LogP contribution in [0.2, 0.25) is 0 Å². The van der Waals surface area contributed by atoms with Gasteiger partial charge in [-0.2, -0.15) is 0 Å². The monoisotopic (exact) mass is 370 g/mol. The summed E-state index contributed by atoms with van der Waals surface area (Å²) in [6.07, 6.45) is 1.36. The zero-order valence-electron chi connectivity index (χ0n) is 13.7. The Kier molecular flexibility index (Phi) is 6.26. The highest BCUT2D eigenvalue weighted by molar-refractivity contribution is 9.10. The highest BCUT2D eigenvalue weighted by atomic mass is 79.9. The van der Waals surface area contributed by atoms with Crippen molar-refractivity contribution in [2.45, 2.75) is 45.6 Å². The number of aliphatic hydroxyl groups is 1. The van der Waals surface area contributed by atoms with Crippen molar-refractivity contribution in [1.82, 2.24) is 4.90 Å². The lowest BCUT2D eigenvalue weighted by Crippen LogP contribution is -2.46. The summed E-state index contributed by atoms with van der Waals surface area (Å²) >= 11 is 3.49. The summed E-state index contributed by atoms with van der Waals surface area (Å²) in [7, 11) is 0. The summed E-state index contributed by atoms with van der Waals surface area (Å²) in [6, 6.07) is 8.24. The minimum Gasteiger partial charge on any atom is -0.385 e. The molecule has 0 radical (unpaired) electrons. The first kappa shape index (κ1) is 17.7. The molecule has 1 aliphatic rings. The lowest BCUT2D eigenvalue weighted by Gasteiger charge is -2.37. The second-order valence-corrected chi connectivity index (χ2v) is 7.84. The van der Waals surface area contributed by atoms with Gasteiger partial charge in [-0.25, -0.2) is 0 Å². The number of anilines is 1. The number of aliphatic hydroxyl groups excluding tert-OH is 1. The molecule has 1 aliphatic heterocycles. The highest BCUT2D eigenvalue weighted by Crippen LogP contribution is 2.22. The fourth-order valence-electron chi connectivity index (χ4n) is 2.63. The first-order valence-corrected chi connectivity index (χ1v) is 8.72. The molecule has 0 bridgehead atoms. The van der Waals surface area contributed by atoms with E-state index in [9.17, 15) is 5.11 Å². The highest BCUT2D eigenvalue weighted by Gasteiger charge is 2.27. The molecule has 0 amide bonds. The number of likely N-dealkylation sites (tertiary alicyclic amines) is 1. The maximum absolute atomic E-state index is 10.1. The second kappa shape index (κ2) is 7.77.